The van der Waals surface area contributed by atoms with Crippen molar-refractivity contribution in [3.63, 3.8) is 0 Å². The molecule has 2 aromatic rings. The van der Waals surface area contributed by atoms with E-state index in [4.69, 9.17) is 9.47 Å². The number of rotatable bonds is 5. The van der Waals surface area contributed by atoms with Gasteiger partial charge in [-0.3, -0.25) is 4.79 Å². The summed E-state index contributed by atoms with van der Waals surface area (Å²) >= 11 is 0. The lowest BCUT2D eigenvalue weighted by molar-refractivity contribution is -0.136. The molecule has 5 nitrogen and oxygen atoms in total. The molecule has 184 valence electrons. The molecule has 0 aromatic heterocycles. The van der Waals surface area contributed by atoms with Crippen molar-refractivity contribution < 1.29 is 23.5 Å². The first kappa shape index (κ1) is 24.7. The number of Topliss-reactive ketones (excluding diaryl/α,β-unsaturated/α-hetero) is 1. The number of carbonyl (C=O) groups is 2. The topological polar surface area (TPSA) is 64.6 Å². The third-order valence-electron chi connectivity index (χ3n) is 6.89. The maximum absolute atomic E-state index is 13.5. The minimum atomic E-state index is -0.521. The van der Waals surface area contributed by atoms with Gasteiger partial charge in [-0.1, -0.05) is 26.0 Å². The van der Waals surface area contributed by atoms with Crippen LogP contribution in [0, 0.1) is 25.1 Å². The zero-order valence-corrected chi connectivity index (χ0v) is 21.2. The largest absolute Gasteiger partial charge is 0.489 e. The second-order valence-electron chi connectivity index (χ2n) is 10.3. The van der Waals surface area contributed by atoms with Crippen molar-refractivity contribution in [3.8, 4) is 5.75 Å². The molecule has 2 aromatic carbocycles. The maximum Gasteiger partial charge on any atom is 0.336 e. The van der Waals surface area contributed by atoms with Crippen LogP contribution in [0.1, 0.15) is 61.8 Å². The number of nitrogens with one attached hydrogen (secondary N) is 1. The van der Waals surface area contributed by atoms with Gasteiger partial charge in [-0.15, -0.1) is 0 Å². The fourth-order valence-corrected chi connectivity index (χ4v) is 5.20. The summed E-state index contributed by atoms with van der Waals surface area (Å²) in [5, 5.41) is 3.35. The van der Waals surface area contributed by atoms with Crippen molar-refractivity contribution >= 4 is 11.8 Å². The maximum atomic E-state index is 13.5. The van der Waals surface area contributed by atoms with Crippen molar-refractivity contribution in [3.05, 3.63) is 87.0 Å². The monoisotopic (exact) mass is 477 g/mol. The number of halogens is 1. The quantitative estimate of drug-likeness (QED) is 0.552. The van der Waals surface area contributed by atoms with E-state index in [9.17, 15) is 14.0 Å². The summed E-state index contributed by atoms with van der Waals surface area (Å²) in [7, 11) is 1.36. The number of esters is 1. The zero-order valence-electron chi connectivity index (χ0n) is 21.2. The molecule has 1 unspecified atom stereocenters. The lowest BCUT2D eigenvalue weighted by Crippen LogP contribution is -2.38. The third kappa shape index (κ3) is 4.88. The summed E-state index contributed by atoms with van der Waals surface area (Å²) in [6.07, 6.45) is 1.14. The summed E-state index contributed by atoms with van der Waals surface area (Å²) in [6, 6.07) is 9.98. The molecule has 2 aliphatic rings. The summed E-state index contributed by atoms with van der Waals surface area (Å²) in [5.74, 6) is -0.679. The molecule has 4 rings (SSSR count). The van der Waals surface area contributed by atoms with Gasteiger partial charge >= 0.3 is 5.97 Å². The van der Waals surface area contributed by atoms with E-state index in [1.807, 2.05) is 26.8 Å². The van der Waals surface area contributed by atoms with E-state index >= 15 is 0 Å². The van der Waals surface area contributed by atoms with E-state index in [0.29, 0.717) is 29.0 Å². The second kappa shape index (κ2) is 9.33. The Hall–Kier alpha value is -3.41. The van der Waals surface area contributed by atoms with Crippen molar-refractivity contribution in [2.24, 2.45) is 5.41 Å². The lowest BCUT2D eigenvalue weighted by Gasteiger charge is -2.39. The molecule has 0 saturated carbocycles. The van der Waals surface area contributed by atoms with Gasteiger partial charge in [0.1, 0.15) is 18.2 Å². The van der Waals surface area contributed by atoms with Crippen LogP contribution in [-0.2, 0) is 20.9 Å². The van der Waals surface area contributed by atoms with Gasteiger partial charge in [0.2, 0.25) is 0 Å². The Bertz CT molecular complexity index is 1250. The van der Waals surface area contributed by atoms with Gasteiger partial charge < -0.3 is 14.8 Å². The predicted molar refractivity (Wildman–Crippen MR) is 132 cm³/mol. The fraction of sp³-hybridized carbons (Fsp3) is 0.379. The molecule has 0 amide bonds. The molecule has 35 heavy (non-hydrogen) atoms. The number of ether oxygens (including phenoxy) is 2. The normalized spacial score (nSPS) is 19.3. The number of aryl methyl sites for hydroxylation is 2. The number of dihydropyridines is 1. The van der Waals surface area contributed by atoms with Crippen molar-refractivity contribution in [2.75, 3.05) is 7.11 Å². The van der Waals surface area contributed by atoms with Gasteiger partial charge in [-0.2, -0.15) is 0 Å². The van der Waals surface area contributed by atoms with E-state index in [-0.39, 0.29) is 23.6 Å². The Balaban J connectivity index is 1.81. The third-order valence-corrected chi connectivity index (χ3v) is 6.89. The van der Waals surface area contributed by atoms with Crippen molar-refractivity contribution in [1.29, 1.82) is 0 Å². The average Bonchev–Trinajstić information content (AvgIpc) is 2.77. The van der Waals surface area contributed by atoms with Gasteiger partial charge in [0, 0.05) is 29.3 Å². The minimum Gasteiger partial charge on any atom is -0.489 e. The highest BCUT2D eigenvalue weighted by atomic mass is 19.1. The van der Waals surface area contributed by atoms with E-state index in [2.05, 4.69) is 25.2 Å². The standard InChI is InChI=1S/C29H32FNO4/c1-16-11-17(2)22(12-19(16)15-35-21-9-7-20(30)8-10-21)26-25(28(33)34-6)18(3)31-23-13-29(4,5)14-24(32)27(23)26/h7-12,26,31H,13-15H2,1-6H3. The van der Waals surface area contributed by atoms with Crippen molar-refractivity contribution in [2.45, 2.75) is 60.0 Å². The van der Waals surface area contributed by atoms with Gasteiger partial charge in [0.05, 0.1) is 12.7 Å². The fourth-order valence-electron chi connectivity index (χ4n) is 5.20. The molecule has 0 fully saturated rings. The molecule has 1 N–H and O–H groups in total. The van der Waals surface area contributed by atoms with Crippen LogP contribution in [0.3, 0.4) is 0 Å². The van der Waals surface area contributed by atoms with E-state index in [1.54, 1.807) is 12.1 Å². The van der Waals surface area contributed by atoms with Crippen LogP contribution < -0.4 is 10.1 Å². The van der Waals surface area contributed by atoms with Crippen LogP contribution in [0.2, 0.25) is 0 Å². The van der Waals surface area contributed by atoms with E-state index in [0.717, 1.165) is 34.4 Å². The first-order valence-electron chi connectivity index (χ1n) is 11.8. The molecule has 1 atom stereocenters. The number of hydrogen-bond donors (Lipinski definition) is 1. The summed E-state index contributed by atoms with van der Waals surface area (Å²) in [5.41, 5.74) is 6.36. The van der Waals surface area contributed by atoms with Crippen molar-refractivity contribution in [1.82, 2.24) is 5.32 Å². The first-order valence-corrected chi connectivity index (χ1v) is 11.8. The highest BCUT2D eigenvalue weighted by molar-refractivity contribution is 6.04. The summed E-state index contributed by atoms with van der Waals surface area (Å²) in [4.78, 5) is 26.4. The molecule has 0 saturated heterocycles. The van der Waals surface area contributed by atoms with Crippen LogP contribution in [0.4, 0.5) is 4.39 Å². The van der Waals surface area contributed by atoms with Crippen LogP contribution in [0.15, 0.2) is 58.9 Å². The lowest BCUT2D eigenvalue weighted by atomic mass is 9.68. The summed E-state index contributed by atoms with van der Waals surface area (Å²) in [6.45, 7) is 10.3. The Morgan fingerprint density at radius 2 is 1.77 bits per heavy atom. The molecule has 1 aliphatic heterocycles. The van der Waals surface area contributed by atoms with Crippen LogP contribution in [-0.4, -0.2) is 18.9 Å². The van der Waals surface area contributed by atoms with E-state index in [1.165, 1.54) is 19.2 Å². The number of ketones is 1. The highest BCUT2D eigenvalue weighted by Gasteiger charge is 2.43. The predicted octanol–water partition coefficient (Wildman–Crippen LogP) is 5.80. The van der Waals surface area contributed by atoms with Crippen LogP contribution >= 0.6 is 0 Å². The van der Waals surface area contributed by atoms with Gasteiger partial charge in [0.25, 0.3) is 0 Å². The van der Waals surface area contributed by atoms with Gasteiger partial charge in [0.15, 0.2) is 5.78 Å². The Kier molecular flexibility index (Phi) is 6.58. The smallest absolute Gasteiger partial charge is 0.336 e. The molecular formula is C29H32FNO4. The Labute approximate surface area is 206 Å². The zero-order chi connectivity index (χ0) is 25.5. The number of allylic oxidation sites excluding steroid dienone is 3. The SMILES string of the molecule is COC(=O)C1=C(C)NC2=C(C(=O)CC(C)(C)C2)C1c1cc(COc2ccc(F)cc2)c(C)cc1C. The van der Waals surface area contributed by atoms with Gasteiger partial charge in [-0.05, 0) is 79.1 Å². The molecule has 6 heteroatoms. The van der Waals surface area contributed by atoms with Gasteiger partial charge in [-0.25, -0.2) is 9.18 Å². The summed E-state index contributed by atoms with van der Waals surface area (Å²) < 4.78 is 24.3. The number of benzene rings is 2. The number of hydrogen-bond acceptors (Lipinski definition) is 5. The average molecular weight is 478 g/mol. The molecule has 1 aliphatic carbocycles. The number of carbonyl (C=O) groups excluding carboxylic acids is 2. The Morgan fingerprint density at radius 1 is 1.09 bits per heavy atom. The molecule has 1 heterocycles. The van der Waals surface area contributed by atoms with E-state index < -0.39 is 11.9 Å². The van der Waals surface area contributed by atoms with Crippen LogP contribution in [0.5, 0.6) is 5.75 Å². The minimum absolute atomic E-state index is 0.0479. The highest BCUT2D eigenvalue weighted by Crippen LogP contribution is 2.47. The molecule has 0 spiro atoms. The van der Waals surface area contributed by atoms with Crippen LogP contribution in [0.25, 0.3) is 0 Å². The molecule has 0 bridgehead atoms. The number of methoxy groups -OCH3 is 1. The molecular weight excluding hydrogens is 445 g/mol. The first-order chi connectivity index (χ1) is 16.5. The second-order valence-corrected chi connectivity index (χ2v) is 10.3. The Morgan fingerprint density at radius 3 is 2.43 bits per heavy atom. The molecule has 0 radical (unpaired) electrons.